The number of hydrogen-bond donors (Lipinski definition) is 2. The maximum absolute atomic E-state index is 12.8. The molecule has 0 spiro atoms. The van der Waals surface area contributed by atoms with Crippen molar-refractivity contribution in [3.8, 4) is 17.4 Å². The van der Waals surface area contributed by atoms with Crippen LogP contribution in [0.15, 0.2) is 50.3 Å². The monoisotopic (exact) mass is 420 g/mol. The van der Waals surface area contributed by atoms with E-state index in [9.17, 15) is 9.59 Å². The third-order valence-corrected chi connectivity index (χ3v) is 5.01. The molecule has 1 fully saturated rings. The molecule has 0 aliphatic heterocycles. The van der Waals surface area contributed by atoms with Crippen LogP contribution in [0, 0.1) is 0 Å². The maximum atomic E-state index is 12.8. The molecule has 10 nitrogen and oxygen atoms in total. The van der Waals surface area contributed by atoms with Crippen LogP contribution in [0.25, 0.3) is 17.4 Å². The topological polar surface area (TPSA) is 132 Å². The summed E-state index contributed by atoms with van der Waals surface area (Å²) in [5.41, 5.74) is 0.937. The number of carbonyl (C=O) groups excluding carboxylic acids is 1. The molecular formula is C21H20N6O4. The Morgan fingerprint density at radius 3 is 2.84 bits per heavy atom. The number of hydrogen-bond acceptors (Lipinski definition) is 7. The van der Waals surface area contributed by atoms with Gasteiger partial charge < -0.3 is 14.3 Å². The first-order chi connectivity index (χ1) is 15.0. The zero-order valence-corrected chi connectivity index (χ0v) is 17.0. The van der Waals surface area contributed by atoms with E-state index in [0.717, 1.165) is 12.8 Å². The second kappa shape index (κ2) is 7.38. The van der Waals surface area contributed by atoms with Gasteiger partial charge in [-0.25, -0.2) is 4.98 Å². The number of aromatic nitrogens is 5. The molecule has 1 aliphatic rings. The molecule has 4 aromatic heterocycles. The summed E-state index contributed by atoms with van der Waals surface area (Å²) in [5.74, 6) is 1.64. The zero-order valence-electron chi connectivity index (χ0n) is 17.0. The summed E-state index contributed by atoms with van der Waals surface area (Å²) in [6.07, 6.45) is 3.61. The summed E-state index contributed by atoms with van der Waals surface area (Å²) in [6, 6.07) is 8.22. The number of aromatic amines is 1. The molecule has 5 rings (SSSR count). The van der Waals surface area contributed by atoms with Gasteiger partial charge in [-0.05, 0) is 30.9 Å². The van der Waals surface area contributed by atoms with Crippen LogP contribution in [-0.4, -0.2) is 30.8 Å². The first kappa shape index (κ1) is 19.0. The van der Waals surface area contributed by atoms with Crippen LogP contribution in [0.3, 0.4) is 0 Å². The van der Waals surface area contributed by atoms with E-state index in [4.69, 9.17) is 8.94 Å². The van der Waals surface area contributed by atoms with Crippen molar-refractivity contribution in [1.82, 2.24) is 24.9 Å². The van der Waals surface area contributed by atoms with Crippen LogP contribution < -0.4 is 10.9 Å². The van der Waals surface area contributed by atoms with Gasteiger partial charge in [-0.2, -0.15) is 9.78 Å². The van der Waals surface area contributed by atoms with E-state index in [2.05, 4.69) is 25.5 Å². The maximum Gasteiger partial charge on any atom is 0.279 e. The van der Waals surface area contributed by atoms with Crippen molar-refractivity contribution in [1.29, 1.82) is 0 Å². The number of rotatable bonds is 6. The van der Waals surface area contributed by atoms with Gasteiger partial charge in [0.25, 0.3) is 11.5 Å². The molecular weight excluding hydrogens is 400 g/mol. The van der Waals surface area contributed by atoms with Crippen LogP contribution in [0.1, 0.15) is 60.5 Å². The van der Waals surface area contributed by atoms with Crippen LogP contribution in [-0.2, 0) is 0 Å². The van der Waals surface area contributed by atoms with E-state index in [1.807, 2.05) is 13.8 Å². The highest BCUT2D eigenvalue weighted by Gasteiger charge is 2.29. The molecule has 1 amide bonds. The number of nitrogens with one attached hydrogen (secondary N) is 2. The lowest BCUT2D eigenvalue weighted by Gasteiger charge is -2.09. The van der Waals surface area contributed by atoms with Crippen molar-refractivity contribution in [2.45, 2.75) is 38.5 Å². The van der Waals surface area contributed by atoms with E-state index >= 15 is 0 Å². The smallest absolute Gasteiger partial charge is 0.279 e. The number of amides is 1. The van der Waals surface area contributed by atoms with Gasteiger partial charge in [0.2, 0.25) is 5.95 Å². The van der Waals surface area contributed by atoms with Gasteiger partial charge >= 0.3 is 0 Å². The zero-order chi connectivity index (χ0) is 21.5. The molecule has 0 atom stereocenters. The molecule has 1 saturated carbocycles. The van der Waals surface area contributed by atoms with Crippen molar-refractivity contribution in [3.05, 3.63) is 64.1 Å². The Kier molecular flexibility index (Phi) is 4.54. The second-order valence-corrected chi connectivity index (χ2v) is 7.80. The molecule has 0 bridgehead atoms. The van der Waals surface area contributed by atoms with Gasteiger partial charge in [-0.15, -0.1) is 0 Å². The SMILES string of the molecule is CC(C)c1cc(=O)[nH]c(-n2nc(-c3ccco3)cc2NC(=O)c2cc(C3CC3)on2)n1. The van der Waals surface area contributed by atoms with Gasteiger partial charge in [-0.3, -0.25) is 14.6 Å². The Balaban J connectivity index is 1.54. The lowest BCUT2D eigenvalue weighted by Crippen LogP contribution is -2.19. The van der Waals surface area contributed by atoms with Crippen LogP contribution >= 0.6 is 0 Å². The number of furan rings is 1. The van der Waals surface area contributed by atoms with E-state index in [-0.39, 0.29) is 23.1 Å². The minimum Gasteiger partial charge on any atom is -0.463 e. The molecule has 4 aromatic rings. The Labute approximate surface area is 176 Å². The van der Waals surface area contributed by atoms with E-state index in [0.29, 0.717) is 34.6 Å². The Bertz CT molecular complexity index is 1290. The molecule has 0 saturated heterocycles. The first-order valence-electron chi connectivity index (χ1n) is 10.0. The lowest BCUT2D eigenvalue weighted by atomic mass is 10.1. The molecule has 158 valence electrons. The largest absolute Gasteiger partial charge is 0.463 e. The molecule has 0 radical (unpaired) electrons. The fourth-order valence-electron chi connectivity index (χ4n) is 3.17. The fraction of sp³-hybridized carbons (Fsp3) is 0.286. The third-order valence-electron chi connectivity index (χ3n) is 5.01. The van der Waals surface area contributed by atoms with Gasteiger partial charge in [0.15, 0.2) is 11.5 Å². The van der Waals surface area contributed by atoms with Crippen LogP contribution in [0.2, 0.25) is 0 Å². The summed E-state index contributed by atoms with van der Waals surface area (Å²) in [7, 11) is 0. The highest BCUT2D eigenvalue weighted by molar-refractivity contribution is 6.02. The highest BCUT2D eigenvalue weighted by Crippen LogP contribution is 2.40. The van der Waals surface area contributed by atoms with Gasteiger partial charge in [0.1, 0.15) is 17.3 Å². The Morgan fingerprint density at radius 1 is 1.29 bits per heavy atom. The first-order valence-corrected chi connectivity index (χ1v) is 10.0. The normalized spacial score (nSPS) is 13.6. The second-order valence-electron chi connectivity index (χ2n) is 7.80. The van der Waals surface area contributed by atoms with E-state index in [1.165, 1.54) is 17.0 Å². The number of carbonyl (C=O) groups is 1. The highest BCUT2D eigenvalue weighted by atomic mass is 16.5. The summed E-state index contributed by atoms with van der Waals surface area (Å²) < 4.78 is 12.1. The summed E-state index contributed by atoms with van der Waals surface area (Å²) >= 11 is 0. The Hall–Kier alpha value is -3.95. The summed E-state index contributed by atoms with van der Waals surface area (Å²) in [4.78, 5) is 32.2. The van der Waals surface area contributed by atoms with Crippen molar-refractivity contribution in [3.63, 3.8) is 0 Å². The fourth-order valence-corrected chi connectivity index (χ4v) is 3.17. The van der Waals surface area contributed by atoms with Crippen molar-refractivity contribution in [2.24, 2.45) is 0 Å². The molecule has 31 heavy (non-hydrogen) atoms. The van der Waals surface area contributed by atoms with E-state index < -0.39 is 5.91 Å². The van der Waals surface area contributed by atoms with Crippen molar-refractivity contribution < 1.29 is 13.7 Å². The molecule has 2 N–H and O–H groups in total. The quantitative estimate of drug-likeness (QED) is 0.488. The van der Waals surface area contributed by atoms with Gasteiger partial charge in [0.05, 0.1) is 12.0 Å². The Morgan fingerprint density at radius 2 is 2.13 bits per heavy atom. The average molecular weight is 420 g/mol. The number of H-pyrrole nitrogens is 1. The number of nitrogens with zero attached hydrogens (tertiary/aromatic N) is 4. The molecule has 4 heterocycles. The predicted molar refractivity (Wildman–Crippen MR) is 110 cm³/mol. The molecule has 0 unspecified atom stereocenters. The minimum atomic E-state index is -0.454. The van der Waals surface area contributed by atoms with Crippen molar-refractivity contribution in [2.75, 3.05) is 5.32 Å². The summed E-state index contributed by atoms with van der Waals surface area (Å²) in [6.45, 7) is 3.88. The molecule has 0 aromatic carbocycles. The van der Waals surface area contributed by atoms with Gasteiger partial charge in [-0.1, -0.05) is 19.0 Å². The van der Waals surface area contributed by atoms with Crippen LogP contribution in [0.4, 0.5) is 5.82 Å². The van der Waals surface area contributed by atoms with Crippen LogP contribution in [0.5, 0.6) is 0 Å². The number of anilines is 1. The van der Waals surface area contributed by atoms with Gasteiger partial charge in [0, 0.05) is 24.1 Å². The average Bonchev–Trinajstić information content (AvgIpc) is 3.15. The lowest BCUT2D eigenvalue weighted by molar-refractivity contribution is 0.101. The predicted octanol–water partition coefficient (Wildman–Crippen LogP) is 3.46. The minimum absolute atomic E-state index is 0.0372. The third kappa shape index (κ3) is 3.79. The molecule has 10 heteroatoms. The van der Waals surface area contributed by atoms with E-state index in [1.54, 1.807) is 24.3 Å². The van der Waals surface area contributed by atoms with Crippen molar-refractivity contribution >= 4 is 11.7 Å². The standard InChI is InChI=1S/C21H20N6O4/c1-11(2)13-10-19(28)24-21(22-13)27-18(9-14(25-27)16-4-3-7-30-16)23-20(29)15-8-17(31-26-15)12-5-6-12/h3-4,7-12H,5-6H2,1-2H3,(H,23,29)(H,22,24,28). The molecule has 1 aliphatic carbocycles. The summed E-state index contributed by atoms with van der Waals surface area (Å²) in [5, 5.41) is 11.1.